The molecule has 0 aliphatic carbocycles. The summed E-state index contributed by atoms with van der Waals surface area (Å²) in [6, 6.07) is 8.65. The van der Waals surface area contributed by atoms with Gasteiger partial charge in [0.25, 0.3) is 0 Å². The number of benzene rings is 1. The van der Waals surface area contributed by atoms with Crippen molar-refractivity contribution in [2.24, 2.45) is 0 Å². The second kappa shape index (κ2) is 8.52. The maximum atomic E-state index is 13.3. The van der Waals surface area contributed by atoms with Crippen molar-refractivity contribution in [2.45, 2.75) is 20.3 Å². The highest BCUT2D eigenvalue weighted by molar-refractivity contribution is 7.14. The van der Waals surface area contributed by atoms with E-state index in [1.54, 1.807) is 23.5 Å². The number of imidazole rings is 1. The van der Waals surface area contributed by atoms with Crippen LogP contribution < -0.4 is 15.1 Å². The summed E-state index contributed by atoms with van der Waals surface area (Å²) >= 11 is 1.58. The first-order chi connectivity index (χ1) is 15.5. The monoisotopic (exact) mass is 450 g/mol. The molecular formula is C24H27FN6S. The molecule has 3 aromatic heterocycles. The minimum absolute atomic E-state index is 0.241. The van der Waals surface area contributed by atoms with E-state index >= 15 is 0 Å². The molecule has 0 radical (unpaired) electrons. The zero-order valence-corrected chi connectivity index (χ0v) is 19.4. The molecule has 0 unspecified atom stereocenters. The Hall–Kier alpha value is -2.97. The Morgan fingerprint density at radius 1 is 1.16 bits per heavy atom. The van der Waals surface area contributed by atoms with Crippen molar-refractivity contribution >= 4 is 33.6 Å². The summed E-state index contributed by atoms with van der Waals surface area (Å²) in [5.41, 5.74) is 6.25. The second-order valence-electron chi connectivity index (χ2n) is 8.12. The number of piperazine rings is 1. The molecule has 4 aromatic rings. The van der Waals surface area contributed by atoms with Crippen molar-refractivity contribution in [3.05, 3.63) is 59.0 Å². The minimum atomic E-state index is -0.241. The lowest BCUT2D eigenvalue weighted by atomic mass is 10.2. The highest BCUT2D eigenvalue weighted by atomic mass is 32.1. The zero-order chi connectivity index (χ0) is 22.2. The third kappa shape index (κ3) is 3.73. The normalized spacial score (nSPS) is 14.3. The summed E-state index contributed by atoms with van der Waals surface area (Å²) in [5.74, 6) is 0.800. The Morgan fingerprint density at radius 2 is 1.91 bits per heavy atom. The maximum absolute atomic E-state index is 13.3. The number of hydrogen-bond acceptors (Lipinski definition) is 6. The Morgan fingerprint density at radius 3 is 2.62 bits per heavy atom. The fraction of sp³-hybridized carbons (Fsp3) is 0.333. The topological polar surface area (TPSA) is 48.7 Å². The van der Waals surface area contributed by atoms with Crippen molar-refractivity contribution in [3.8, 4) is 11.3 Å². The third-order valence-electron chi connectivity index (χ3n) is 6.01. The van der Waals surface area contributed by atoms with Crippen LogP contribution in [0.5, 0.6) is 0 Å². The van der Waals surface area contributed by atoms with Gasteiger partial charge in [-0.1, -0.05) is 6.92 Å². The largest absolute Gasteiger partial charge is 0.368 e. The summed E-state index contributed by atoms with van der Waals surface area (Å²) in [6.07, 6.45) is 3.06. The van der Waals surface area contributed by atoms with Gasteiger partial charge in [-0.3, -0.25) is 4.40 Å². The van der Waals surface area contributed by atoms with Gasteiger partial charge in [-0.15, -0.1) is 11.3 Å². The van der Waals surface area contributed by atoms with Gasteiger partial charge in [-0.2, -0.15) is 0 Å². The van der Waals surface area contributed by atoms with Gasteiger partial charge in [-0.05, 0) is 49.2 Å². The first-order valence-electron chi connectivity index (χ1n) is 11.0. The van der Waals surface area contributed by atoms with Crippen LogP contribution >= 0.6 is 11.3 Å². The predicted molar refractivity (Wildman–Crippen MR) is 130 cm³/mol. The Labute approximate surface area is 191 Å². The smallest absolute Gasteiger partial charge is 0.191 e. The van der Waals surface area contributed by atoms with Crippen LogP contribution in [0.4, 0.5) is 21.0 Å². The molecule has 1 aromatic carbocycles. The number of anilines is 3. The molecule has 0 saturated carbocycles. The van der Waals surface area contributed by atoms with Gasteiger partial charge in [0, 0.05) is 50.4 Å². The third-order valence-corrected chi connectivity index (χ3v) is 6.93. The number of aromatic nitrogens is 3. The molecule has 32 heavy (non-hydrogen) atoms. The maximum Gasteiger partial charge on any atom is 0.191 e. The number of fused-ring (bicyclic) bond motifs is 1. The van der Waals surface area contributed by atoms with Crippen molar-refractivity contribution in [2.75, 3.05) is 43.0 Å². The van der Waals surface area contributed by atoms with E-state index < -0.39 is 0 Å². The molecule has 4 heterocycles. The van der Waals surface area contributed by atoms with E-state index in [4.69, 9.17) is 9.97 Å². The molecule has 1 aliphatic rings. The van der Waals surface area contributed by atoms with Crippen molar-refractivity contribution in [1.82, 2.24) is 19.7 Å². The molecule has 1 N–H and O–H groups in total. The number of hydrogen-bond donors (Lipinski definition) is 1. The number of aryl methyl sites for hydroxylation is 2. The van der Waals surface area contributed by atoms with Crippen LogP contribution in [0.3, 0.4) is 0 Å². The summed E-state index contributed by atoms with van der Waals surface area (Å²) < 4.78 is 15.5. The molecule has 0 atom stereocenters. The van der Waals surface area contributed by atoms with E-state index in [2.05, 4.69) is 45.6 Å². The summed E-state index contributed by atoms with van der Waals surface area (Å²) in [5, 5.41) is 6.33. The lowest BCUT2D eigenvalue weighted by Crippen LogP contribution is -2.43. The van der Waals surface area contributed by atoms with Crippen LogP contribution in [-0.2, 0) is 6.42 Å². The highest BCUT2D eigenvalue weighted by Crippen LogP contribution is 2.35. The molecule has 0 spiro atoms. The molecule has 0 amide bonds. The molecule has 6 nitrogen and oxygen atoms in total. The highest BCUT2D eigenvalue weighted by Gasteiger charge is 2.21. The molecule has 5 rings (SSSR count). The van der Waals surface area contributed by atoms with Crippen molar-refractivity contribution < 1.29 is 4.39 Å². The number of halogens is 1. The van der Waals surface area contributed by atoms with Gasteiger partial charge in [0.15, 0.2) is 5.13 Å². The van der Waals surface area contributed by atoms with E-state index in [0.717, 1.165) is 66.1 Å². The van der Waals surface area contributed by atoms with Gasteiger partial charge in [0.1, 0.15) is 17.3 Å². The van der Waals surface area contributed by atoms with E-state index in [9.17, 15) is 4.39 Å². The number of thiazole rings is 1. The number of nitrogens with zero attached hydrogens (tertiary/aromatic N) is 5. The number of rotatable bonds is 5. The van der Waals surface area contributed by atoms with Crippen LogP contribution in [0.25, 0.3) is 16.9 Å². The SMILES string of the molecule is CCc1nc2cc(C)c(N3CCNCC3)cn2c1N(C)c1nc(-c2ccc(F)cc2)cs1. The van der Waals surface area contributed by atoms with Crippen molar-refractivity contribution in [1.29, 1.82) is 0 Å². The van der Waals surface area contributed by atoms with E-state index in [1.807, 2.05) is 12.4 Å². The molecule has 166 valence electrons. The Kier molecular flexibility index (Phi) is 5.57. The summed E-state index contributed by atoms with van der Waals surface area (Å²) in [6.45, 7) is 8.30. The average molecular weight is 451 g/mol. The van der Waals surface area contributed by atoms with Gasteiger partial charge in [0.05, 0.1) is 17.1 Å². The fourth-order valence-electron chi connectivity index (χ4n) is 4.30. The molecule has 8 heteroatoms. The molecule has 1 saturated heterocycles. The van der Waals surface area contributed by atoms with Crippen LogP contribution in [0.1, 0.15) is 18.2 Å². The quantitative estimate of drug-likeness (QED) is 0.480. The molecule has 1 fully saturated rings. The average Bonchev–Trinajstić information content (AvgIpc) is 3.44. The van der Waals surface area contributed by atoms with Gasteiger partial charge in [0.2, 0.25) is 0 Å². The van der Waals surface area contributed by atoms with E-state index in [1.165, 1.54) is 23.4 Å². The van der Waals surface area contributed by atoms with Crippen LogP contribution in [0.15, 0.2) is 41.9 Å². The number of pyridine rings is 1. The molecule has 0 bridgehead atoms. The Bertz CT molecular complexity index is 1240. The first kappa shape index (κ1) is 20.9. The lowest BCUT2D eigenvalue weighted by molar-refractivity contribution is 0.587. The van der Waals surface area contributed by atoms with Gasteiger partial charge >= 0.3 is 0 Å². The second-order valence-corrected chi connectivity index (χ2v) is 8.96. The summed E-state index contributed by atoms with van der Waals surface area (Å²) in [7, 11) is 2.04. The summed E-state index contributed by atoms with van der Waals surface area (Å²) in [4.78, 5) is 14.3. The lowest BCUT2D eigenvalue weighted by Gasteiger charge is -2.31. The van der Waals surface area contributed by atoms with Crippen LogP contribution in [-0.4, -0.2) is 47.6 Å². The minimum Gasteiger partial charge on any atom is -0.368 e. The first-order valence-corrected chi connectivity index (χ1v) is 11.9. The van der Waals surface area contributed by atoms with E-state index in [-0.39, 0.29) is 5.82 Å². The predicted octanol–water partition coefficient (Wildman–Crippen LogP) is 4.65. The zero-order valence-electron chi connectivity index (χ0n) is 18.6. The fourth-order valence-corrected chi connectivity index (χ4v) is 5.10. The van der Waals surface area contributed by atoms with Gasteiger partial charge in [-0.25, -0.2) is 14.4 Å². The standard InChI is InChI=1S/C24H27FN6S/c1-4-19-23(29(3)24-28-20(15-32-24)17-5-7-18(25)8-6-17)31-14-21(16(2)13-22(31)27-19)30-11-9-26-10-12-30/h5-8,13-15,26H,4,9-12H2,1-3H3. The molecule has 1 aliphatic heterocycles. The molecular weight excluding hydrogens is 423 g/mol. The van der Waals surface area contributed by atoms with Crippen LogP contribution in [0, 0.1) is 12.7 Å². The van der Waals surface area contributed by atoms with Crippen molar-refractivity contribution in [3.63, 3.8) is 0 Å². The Balaban J connectivity index is 1.55. The van der Waals surface area contributed by atoms with Crippen LogP contribution in [0.2, 0.25) is 0 Å². The number of nitrogens with one attached hydrogen (secondary N) is 1. The van der Waals surface area contributed by atoms with Gasteiger partial charge < -0.3 is 15.1 Å². The van der Waals surface area contributed by atoms with E-state index in [0.29, 0.717) is 0 Å².